The lowest BCUT2D eigenvalue weighted by atomic mass is 10.2. The summed E-state index contributed by atoms with van der Waals surface area (Å²) in [5, 5.41) is 3.34. The van der Waals surface area contributed by atoms with Gasteiger partial charge < -0.3 is 19.5 Å². The molecule has 150 valence electrons. The van der Waals surface area contributed by atoms with Crippen LogP contribution < -0.4 is 14.8 Å². The van der Waals surface area contributed by atoms with E-state index in [0.717, 1.165) is 11.3 Å². The van der Waals surface area contributed by atoms with Gasteiger partial charge in [-0.15, -0.1) is 0 Å². The van der Waals surface area contributed by atoms with Crippen molar-refractivity contribution in [2.24, 2.45) is 0 Å². The normalized spacial score (nSPS) is 11.4. The first kappa shape index (κ1) is 21.6. The average molecular weight is 406 g/mol. The van der Waals surface area contributed by atoms with Crippen molar-refractivity contribution in [1.29, 1.82) is 0 Å². The van der Waals surface area contributed by atoms with E-state index in [1.807, 2.05) is 13.0 Å². The molecule has 0 radical (unpaired) electrons. The van der Waals surface area contributed by atoms with E-state index in [9.17, 15) is 9.59 Å². The van der Waals surface area contributed by atoms with E-state index < -0.39 is 18.0 Å². The first-order valence-electron chi connectivity index (χ1n) is 8.93. The molecule has 0 fully saturated rings. The first-order chi connectivity index (χ1) is 13.4. The molecule has 0 bridgehead atoms. The zero-order chi connectivity index (χ0) is 20.5. The molecule has 1 N–H and O–H groups in total. The molecule has 28 heavy (non-hydrogen) atoms. The number of hydrogen-bond donors (Lipinski definition) is 1. The van der Waals surface area contributed by atoms with Gasteiger partial charge in [-0.3, -0.25) is 9.59 Å². The lowest BCUT2D eigenvalue weighted by molar-refractivity contribution is -0.153. The highest BCUT2D eigenvalue weighted by Crippen LogP contribution is 2.23. The summed E-state index contributed by atoms with van der Waals surface area (Å²) in [6.45, 7) is 3.78. The molecule has 6 nitrogen and oxygen atoms in total. The van der Waals surface area contributed by atoms with Crippen LogP contribution in [0.2, 0.25) is 5.02 Å². The van der Waals surface area contributed by atoms with Crippen LogP contribution in [-0.2, 0) is 14.3 Å². The number of hydrogen-bond acceptors (Lipinski definition) is 5. The Hall–Kier alpha value is -2.73. The lowest BCUT2D eigenvalue weighted by Crippen LogP contribution is -2.30. The maximum atomic E-state index is 12.2. The maximum absolute atomic E-state index is 12.2. The van der Waals surface area contributed by atoms with Crippen LogP contribution in [0.3, 0.4) is 0 Å². The Balaban J connectivity index is 1.73. The van der Waals surface area contributed by atoms with Crippen LogP contribution in [0.1, 0.15) is 25.3 Å². The molecule has 0 aliphatic heterocycles. The number of carbonyl (C=O) groups is 2. The minimum Gasteiger partial charge on any atom is -0.495 e. The minimum absolute atomic E-state index is 0.152. The molecule has 7 heteroatoms. The van der Waals surface area contributed by atoms with Crippen molar-refractivity contribution in [1.82, 2.24) is 0 Å². The topological polar surface area (TPSA) is 73.9 Å². The summed E-state index contributed by atoms with van der Waals surface area (Å²) in [7, 11) is 1.52. The number of ether oxygens (including phenoxy) is 3. The Morgan fingerprint density at radius 1 is 1.14 bits per heavy atom. The van der Waals surface area contributed by atoms with E-state index in [-0.39, 0.29) is 6.42 Å². The van der Waals surface area contributed by atoms with Crippen LogP contribution in [0.25, 0.3) is 0 Å². The number of methoxy groups -OCH3 is 1. The number of aryl methyl sites for hydroxylation is 1. The summed E-state index contributed by atoms with van der Waals surface area (Å²) in [6.07, 6.45) is -0.294. The predicted octanol–water partition coefficient (Wildman–Crippen LogP) is 4.39. The molecule has 0 unspecified atom stereocenters. The molecule has 0 spiro atoms. The van der Waals surface area contributed by atoms with E-state index in [4.69, 9.17) is 25.8 Å². The van der Waals surface area contributed by atoms with Gasteiger partial charge in [0.1, 0.15) is 11.5 Å². The van der Waals surface area contributed by atoms with Crippen molar-refractivity contribution in [3.8, 4) is 11.5 Å². The number of amides is 1. The smallest absolute Gasteiger partial charge is 0.306 e. The van der Waals surface area contributed by atoms with Gasteiger partial charge in [0.2, 0.25) is 0 Å². The van der Waals surface area contributed by atoms with Crippen LogP contribution in [0.5, 0.6) is 11.5 Å². The Bertz CT molecular complexity index is 824. The van der Waals surface area contributed by atoms with Crippen molar-refractivity contribution in [2.75, 3.05) is 19.0 Å². The molecule has 0 saturated heterocycles. The number of esters is 1. The lowest BCUT2D eigenvalue weighted by Gasteiger charge is -2.15. The molecule has 2 aromatic carbocycles. The molecule has 2 aromatic rings. The number of para-hydroxylation sites is 2. The zero-order valence-corrected chi connectivity index (χ0v) is 16.9. The number of anilines is 1. The van der Waals surface area contributed by atoms with Crippen LogP contribution in [0.4, 0.5) is 5.69 Å². The molecule has 1 atom stereocenters. The largest absolute Gasteiger partial charge is 0.495 e. The second kappa shape index (κ2) is 10.6. The fraction of sp³-hybridized carbons (Fsp3) is 0.333. The van der Waals surface area contributed by atoms with Gasteiger partial charge in [-0.05, 0) is 56.2 Å². The second-order valence-corrected chi connectivity index (χ2v) is 6.62. The number of carbonyl (C=O) groups excluding carboxylic acids is 2. The third-order valence-electron chi connectivity index (χ3n) is 3.96. The molecule has 0 aromatic heterocycles. The molecule has 0 saturated carbocycles. The highest BCUT2D eigenvalue weighted by atomic mass is 35.5. The molecule has 2 rings (SSSR count). The zero-order valence-electron chi connectivity index (χ0n) is 16.2. The third-order valence-corrected chi connectivity index (χ3v) is 4.20. The van der Waals surface area contributed by atoms with Crippen LogP contribution >= 0.6 is 11.6 Å². The van der Waals surface area contributed by atoms with Gasteiger partial charge in [-0.25, -0.2) is 0 Å². The number of nitrogens with one attached hydrogen (secondary N) is 1. The second-order valence-electron chi connectivity index (χ2n) is 6.18. The van der Waals surface area contributed by atoms with E-state index in [2.05, 4.69) is 5.32 Å². The van der Waals surface area contributed by atoms with Crippen molar-refractivity contribution in [3.05, 3.63) is 53.1 Å². The summed E-state index contributed by atoms with van der Waals surface area (Å²) in [4.78, 5) is 24.2. The number of benzene rings is 2. The molecule has 0 aliphatic carbocycles. The Morgan fingerprint density at radius 3 is 2.61 bits per heavy atom. The van der Waals surface area contributed by atoms with Crippen LogP contribution in [-0.4, -0.2) is 31.7 Å². The van der Waals surface area contributed by atoms with Crippen LogP contribution in [0.15, 0.2) is 42.5 Å². The molecular formula is C21H24ClNO5. The monoisotopic (exact) mass is 405 g/mol. The highest BCUT2D eigenvalue weighted by Gasteiger charge is 2.19. The van der Waals surface area contributed by atoms with Crippen molar-refractivity contribution in [2.45, 2.75) is 32.8 Å². The highest BCUT2D eigenvalue weighted by molar-refractivity contribution is 6.30. The van der Waals surface area contributed by atoms with Gasteiger partial charge >= 0.3 is 5.97 Å². The first-order valence-corrected chi connectivity index (χ1v) is 9.31. The Labute approximate surface area is 169 Å². The van der Waals surface area contributed by atoms with E-state index in [0.29, 0.717) is 29.5 Å². The van der Waals surface area contributed by atoms with Crippen molar-refractivity contribution in [3.63, 3.8) is 0 Å². The van der Waals surface area contributed by atoms with Crippen molar-refractivity contribution >= 4 is 29.2 Å². The Kier molecular flexibility index (Phi) is 8.14. The van der Waals surface area contributed by atoms with Gasteiger partial charge in [-0.2, -0.15) is 0 Å². The minimum atomic E-state index is -0.920. The predicted molar refractivity (Wildman–Crippen MR) is 108 cm³/mol. The molecule has 0 aliphatic rings. The number of halogens is 1. The Morgan fingerprint density at radius 2 is 1.89 bits per heavy atom. The fourth-order valence-electron chi connectivity index (χ4n) is 2.47. The summed E-state index contributed by atoms with van der Waals surface area (Å²) >= 11 is 5.91. The summed E-state index contributed by atoms with van der Waals surface area (Å²) < 4.78 is 16.0. The van der Waals surface area contributed by atoms with Gasteiger partial charge in [0.25, 0.3) is 5.91 Å². The summed E-state index contributed by atoms with van der Waals surface area (Å²) in [6, 6.07) is 12.4. The quantitative estimate of drug-likeness (QED) is 0.494. The molecular weight excluding hydrogens is 382 g/mol. The molecule has 0 heterocycles. The molecule has 1 amide bonds. The standard InChI is InChI=1S/C21H24ClNO5/c1-14-13-16(22)10-11-18(14)27-12-6-9-20(24)28-15(2)21(25)23-17-7-4-5-8-19(17)26-3/h4-5,7-8,10-11,13,15H,6,9,12H2,1-3H3,(H,23,25)/t15-/m1/s1. The summed E-state index contributed by atoms with van der Waals surface area (Å²) in [5.74, 6) is 0.372. The fourth-order valence-corrected chi connectivity index (χ4v) is 2.69. The van der Waals surface area contributed by atoms with Crippen molar-refractivity contribution < 1.29 is 23.8 Å². The average Bonchev–Trinajstić information content (AvgIpc) is 2.67. The number of rotatable bonds is 9. The van der Waals surface area contributed by atoms with Gasteiger partial charge in [0.05, 0.1) is 19.4 Å². The third kappa shape index (κ3) is 6.46. The van der Waals surface area contributed by atoms with Gasteiger partial charge in [0.15, 0.2) is 6.10 Å². The van der Waals surface area contributed by atoms with E-state index in [1.165, 1.54) is 14.0 Å². The SMILES string of the molecule is COc1ccccc1NC(=O)[C@@H](C)OC(=O)CCCOc1ccc(Cl)cc1C. The maximum Gasteiger partial charge on any atom is 0.306 e. The van der Waals surface area contributed by atoms with E-state index in [1.54, 1.807) is 36.4 Å². The van der Waals surface area contributed by atoms with Crippen LogP contribution in [0, 0.1) is 6.92 Å². The van der Waals surface area contributed by atoms with Gasteiger partial charge in [-0.1, -0.05) is 23.7 Å². The summed E-state index contributed by atoms with van der Waals surface area (Å²) in [5.41, 5.74) is 1.45. The van der Waals surface area contributed by atoms with E-state index >= 15 is 0 Å². The van der Waals surface area contributed by atoms with Gasteiger partial charge in [0, 0.05) is 11.4 Å².